The van der Waals surface area contributed by atoms with Gasteiger partial charge in [0, 0.05) is 43.4 Å². The van der Waals surface area contributed by atoms with Crippen LogP contribution in [-0.4, -0.2) is 38.8 Å². The lowest BCUT2D eigenvalue weighted by molar-refractivity contribution is -0.135. The van der Waals surface area contributed by atoms with E-state index in [1.54, 1.807) is 15.8 Å². The van der Waals surface area contributed by atoms with Crippen LogP contribution in [0.15, 0.2) is 30.6 Å². The fourth-order valence-electron chi connectivity index (χ4n) is 3.23. The van der Waals surface area contributed by atoms with E-state index in [2.05, 4.69) is 18.9 Å². The maximum atomic E-state index is 12.7. The Balaban J connectivity index is 1.67. The molecule has 6 heteroatoms. The maximum Gasteiger partial charge on any atom is 0.261 e. The van der Waals surface area contributed by atoms with Gasteiger partial charge in [-0.1, -0.05) is 12.1 Å². The molecular weight excluding hydrogens is 330 g/mol. The second-order valence-electron chi connectivity index (χ2n) is 7.71. The molecule has 3 rings (SSSR count). The molecule has 2 aromatic rings. The summed E-state index contributed by atoms with van der Waals surface area (Å²) in [5.74, 6) is 1.33. The van der Waals surface area contributed by atoms with Gasteiger partial charge in [0.25, 0.3) is 5.91 Å². The third-order valence-electron chi connectivity index (χ3n) is 4.46. The highest BCUT2D eigenvalue weighted by Crippen LogP contribution is 2.41. The molecule has 0 radical (unpaired) electrons. The molecule has 0 bridgehead atoms. The molecule has 1 amide bonds. The Morgan fingerprint density at radius 1 is 1.42 bits per heavy atom. The quantitative estimate of drug-likeness (QED) is 0.798. The Kier molecular flexibility index (Phi) is 4.94. The first-order valence-corrected chi connectivity index (χ1v) is 8.96. The third kappa shape index (κ3) is 4.00. The van der Waals surface area contributed by atoms with Crippen molar-refractivity contribution in [3.8, 4) is 11.5 Å². The summed E-state index contributed by atoms with van der Waals surface area (Å²) in [6, 6.07) is 5.91. The van der Waals surface area contributed by atoms with Crippen molar-refractivity contribution < 1.29 is 14.3 Å². The molecular formula is C20H27N3O3. The van der Waals surface area contributed by atoms with Crippen molar-refractivity contribution in [1.29, 1.82) is 0 Å². The van der Waals surface area contributed by atoms with Crippen LogP contribution in [0.5, 0.6) is 11.5 Å². The lowest BCUT2D eigenvalue weighted by Crippen LogP contribution is -2.39. The van der Waals surface area contributed by atoms with E-state index >= 15 is 0 Å². The zero-order valence-corrected chi connectivity index (χ0v) is 16.2. The number of ether oxygens (including phenoxy) is 2. The summed E-state index contributed by atoms with van der Waals surface area (Å²) in [5.41, 5.74) is 1.88. The first-order valence-electron chi connectivity index (χ1n) is 8.96. The van der Waals surface area contributed by atoms with Crippen molar-refractivity contribution in [2.24, 2.45) is 7.05 Å². The van der Waals surface area contributed by atoms with E-state index < -0.39 is 0 Å². The van der Waals surface area contributed by atoms with Gasteiger partial charge in [0.1, 0.15) is 5.60 Å². The number of aryl methyl sites for hydroxylation is 1. The van der Waals surface area contributed by atoms with Crippen LogP contribution in [0.2, 0.25) is 0 Å². The fourth-order valence-corrected chi connectivity index (χ4v) is 3.23. The van der Waals surface area contributed by atoms with Crippen LogP contribution < -0.4 is 9.47 Å². The lowest BCUT2D eigenvalue weighted by atomic mass is 10.0. The van der Waals surface area contributed by atoms with Gasteiger partial charge in [0.15, 0.2) is 18.1 Å². The minimum absolute atomic E-state index is 0.0152. The molecule has 0 atom stereocenters. The van der Waals surface area contributed by atoms with E-state index in [1.165, 1.54) is 0 Å². The van der Waals surface area contributed by atoms with Gasteiger partial charge in [-0.15, -0.1) is 0 Å². The lowest BCUT2D eigenvalue weighted by Gasteiger charge is -2.26. The van der Waals surface area contributed by atoms with Gasteiger partial charge in [-0.2, -0.15) is 5.10 Å². The van der Waals surface area contributed by atoms with Crippen LogP contribution in [0.1, 0.15) is 38.8 Å². The van der Waals surface area contributed by atoms with Crippen LogP contribution in [-0.2, 0) is 24.8 Å². The summed E-state index contributed by atoms with van der Waals surface area (Å²) in [5, 5.41) is 4.17. The van der Waals surface area contributed by atoms with Crippen molar-refractivity contribution in [3.63, 3.8) is 0 Å². The number of carbonyl (C=O) groups excluding carboxylic acids is 1. The molecule has 0 unspecified atom stereocenters. The predicted molar refractivity (Wildman–Crippen MR) is 99.2 cm³/mol. The van der Waals surface area contributed by atoms with Gasteiger partial charge >= 0.3 is 0 Å². The second kappa shape index (κ2) is 7.02. The van der Waals surface area contributed by atoms with Crippen LogP contribution in [0.25, 0.3) is 0 Å². The standard InChI is InChI=1S/C20H27N3O3/c1-14(2)23(12-15-10-21-22(5)11-15)18(24)13-25-17-8-6-7-16-9-20(3,4)26-19(16)17/h6-8,10-11,14H,9,12-13H2,1-5H3. The third-order valence-corrected chi connectivity index (χ3v) is 4.46. The number of fused-ring (bicyclic) bond motifs is 1. The molecule has 0 fully saturated rings. The summed E-state index contributed by atoms with van der Waals surface area (Å²) >= 11 is 0. The van der Waals surface area contributed by atoms with Crippen LogP contribution in [0.3, 0.4) is 0 Å². The fraction of sp³-hybridized carbons (Fsp3) is 0.500. The van der Waals surface area contributed by atoms with Gasteiger partial charge in [0.05, 0.1) is 6.20 Å². The first kappa shape index (κ1) is 18.3. The Bertz CT molecular complexity index is 795. The topological polar surface area (TPSA) is 56.6 Å². The van der Waals surface area contributed by atoms with E-state index in [1.807, 2.05) is 45.3 Å². The molecule has 1 aliphatic rings. The predicted octanol–water partition coefficient (Wildman–Crippen LogP) is 2.95. The number of carbonyl (C=O) groups is 1. The number of hydrogen-bond donors (Lipinski definition) is 0. The molecule has 140 valence electrons. The SMILES string of the molecule is CC(C)N(Cc1cnn(C)c1)C(=O)COc1cccc2c1OC(C)(C)C2. The average molecular weight is 357 g/mol. The summed E-state index contributed by atoms with van der Waals surface area (Å²) < 4.78 is 13.6. The van der Waals surface area contributed by atoms with Gasteiger partial charge in [-0.25, -0.2) is 0 Å². The number of nitrogens with zero attached hydrogens (tertiary/aromatic N) is 3. The molecule has 6 nitrogen and oxygen atoms in total. The van der Waals surface area contributed by atoms with Crippen LogP contribution >= 0.6 is 0 Å². The van der Waals surface area contributed by atoms with E-state index in [9.17, 15) is 4.79 Å². The molecule has 0 saturated carbocycles. The van der Waals surface area contributed by atoms with E-state index in [0.29, 0.717) is 12.3 Å². The molecule has 0 aliphatic carbocycles. The molecule has 0 spiro atoms. The monoisotopic (exact) mass is 357 g/mol. The highest BCUT2D eigenvalue weighted by molar-refractivity contribution is 5.78. The highest BCUT2D eigenvalue weighted by atomic mass is 16.5. The Labute approximate surface area is 154 Å². The number of aromatic nitrogens is 2. The molecule has 0 saturated heterocycles. The minimum atomic E-state index is -0.240. The molecule has 26 heavy (non-hydrogen) atoms. The smallest absolute Gasteiger partial charge is 0.261 e. The number of hydrogen-bond acceptors (Lipinski definition) is 4. The average Bonchev–Trinajstić information content (AvgIpc) is 3.11. The van der Waals surface area contributed by atoms with E-state index in [0.717, 1.165) is 23.3 Å². The maximum absolute atomic E-state index is 12.7. The molecule has 2 heterocycles. The van der Waals surface area contributed by atoms with Gasteiger partial charge < -0.3 is 14.4 Å². The normalized spacial score (nSPS) is 14.8. The summed E-state index contributed by atoms with van der Waals surface area (Å²) in [4.78, 5) is 14.5. The van der Waals surface area contributed by atoms with Gasteiger partial charge in [-0.3, -0.25) is 9.48 Å². The van der Waals surface area contributed by atoms with E-state index in [-0.39, 0.29) is 24.2 Å². The molecule has 1 aliphatic heterocycles. The zero-order valence-electron chi connectivity index (χ0n) is 16.2. The second-order valence-corrected chi connectivity index (χ2v) is 7.71. The Morgan fingerprint density at radius 3 is 2.85 bits per heavy atom. The van der Waals surface area contributed by atoms with Crippen molar-refractivity contribution in [1.82, 2.24) is 14.7 Å². The van der Waals surface area contributed by atoms with Crippen molar-refractivity contribution in [2.45, 2.75) is 52.3 Å². The number of rotatable bonds is 6. The van der Waals surface area contributed by atoms with Crippen LogP contribution in [0.4, 0.5) is 0 Å². The zero-order chi connectivity index (χ0) is 18.9. The summed E-state index contributed by atoms with van der Waals surface area (Å²) in [6.45, 7) is 8.61. The largest absolute Gasteiger partial charge is 0.483 e. The first-order chi connectivity index (χ1) is 12.2. The Morgan fingerprint density at radius 2 is 2.19 bits per heavy atom. The van der Waals surface area contributed by atoms with Crippen molar-refractivity contribution in [3.05, 3.63) is 41.7 Å². The number of para-hydroxylation sites is 1. The minimum Gasteiger partial charge on any atom is -0.483 e. The van der Waals surface area contributed by atoms with Crippen LogP contribution in [0, 0.1) is 0 Å². The summed E-state index contributed by atoms with van der Waals surface area (Å²) in [7, 11) is 1.87. The number of benzene rings is 1. The molecule has 1 aromatic carbocycles. The van der Waals surface area contributed by atoms with Gasteiger partial charge in [-0.05, 0) is 33.8 Å². The highest BCUT2D eigenvalue weighted by Gasteiger charge is 2.32. The molecule has 0 N–H and O–H groups in total. The van der Waals surface area contributed by atoms with Crippen molar-refractivity contribution in [2.75, 3.05) is 6.61 Å². The van der Waals surface area contributed by atoms with Gasteiger partial charge in [0.2, 0.25) is 0 Å². The number of amides is 1. The van der Waals surface area contributed by atoms with E-state index in [4.69, 9.17) is 9.47 Å². The van der Waals surface area contributed by atoms with Crippen molar-refractivity contribution >= 4 is 5.91 Å². The Hall–Kier alpha value is -2.50. The molecule has 1 aromatic heterocycles. The summed E-state index contributed by atoms with van der Waals surface area (Å²) in [6.07, 6.45) is 4.54.